The molecule has 0 bridgehead atoms. The van der Waals surface area contributed by atoms with Crippen molar-refractivity contribution in [2.75, 3.05) is 20.3 Å². The first kappa shape index (κ1) is 19.2. The quantitative estimate of drug-likeness (QED) is 0.419. The molecule has 0 aliphatic heterocycles. The molecule has 0 amide bonds. The molecule has 116 valence electrons. The third kappa shape index (κ3) is 7.09. The number of hydrogen-bond donors (Lipinski definition) is 2. The number of methoxy groups -OCH3 is 1. The van der Waals surface area contributed by atoms with Crippen molar-refractivity contribution in [1.29, 1.82) is 0 Å². The Balaban J connectivity index is 0.00000361. The van der Waals surface area contributed by atoms with Crippen LogP contribution in [0.25, 0.3) is 0 Å². The molecule has 0 fully saturated rings. The van der Waals surface area contributed by atoms with Gasteiger partial charge >= 0.3 is 0 Å². The Morgan fingerprint density at radius 1 is 1.50 bits per heavy atom. The summed E-state index contributed by atoms with van der Waals surface area (Å²) in [6, 6.07) is 2.13. The van der Waals surface area contributed by atoms with Crippen LogP contribution in [-0.4, -0.2) is 37.4 Å². The van der Waals surface area contributed by atoms with Crippen LogP contribution in [0.15, 0.2) is 15.6 Å². The van der Waals surface area contributed by atoms with Crippen LogP contribution in [0.3, 0.4) is 0 Å². The number of aliphatic imine (C=N–C) groups is 1. The summed E-state index contributed by atoms with van der Waals surface area (Å²) in [5.74, 6) is 1.52. The van der Waals surface area contributed by atoms with E-state index in [1.165, 1.54) is 0 Å². The summed E-state index contributed by atoms with van der Waals surface area (Å²) in [7, 11) is 1.68. The average molecular weight is 396 g/mol. The van der Waals surface area contributed by atoms with Crippen molar-refractivity contribution in [3.63, 3.8) is 0 Å². The van der Waals surface area contributed by atoms with Crippen LogP contribution >= 0.6 is 24.0 Å². The molecule has 0 spiro atoms. The molecule has 20 heavy (non-hydrogen) atoms. The molecule has 0 radical (unpaired) electrons. The zero-order valence-corrected chi connectivity index (χ0v) is 14.9. The zero-order valence-electron chi connectivity index (χ0n) is 12.6. The Morgan fingerprint density at radius 3 is 2.80 bits per heavy atom. The van der Waals surface area contributed by atoms with E-state index in [9.17, 15) is 0 Å². The number of hydrogen-bond acceptors (Lipinski definition) is 4. The van der Waals surface area contributed by atoms with Gasteiger partial charge in [0.05, 0.1) is 12.3 Å². The van der Waals surface area contributed by atoms with Crippen LogP contribution in [0.1, 0.15) is 32.2 Å². The second-order valence-corrected chi connectivity index (χ2v) is 4.33. The standard InChI is InChI=1S/C13H24N4O2.HI/c1-5-11-7-12(19-17-11)8-15-13(14-6-2)16-10(3)9-18-4;/h7,10H,5-6,8-9H2,1-4H3,(H2,14,15,16);1H. The van der Waals surface area contributed by atoms with E-state index in [0.29, 0.717) is 13.2 Å². The molecule has 0 aliphatic rings. The van der Waals surface area contributed by atoms with E-state index in [2.05, 4.69) is 20.8 Å². The SMILES string of the molecule is CCNC(=NCc1cc(CC)no1)NC(C)COC.I. The second kappa shape index (κ2) is 10.9. The van der Waals surface area contributed by atoms with Gasteiger partial charge in [-0.3, -0.25) is 0 Å². The third-order valence-electron chi connectivity index (χ3n) is 2.51. The van der Waals surface area contributed by atoms with Crippen LogP contribution in [-0.2, 0) is 17.7 Å². The number of ether oxygens (including phenoxy) is 1. The van der Waals surface area contributed by atoms with Crippen LogP contribution in [0, 0.1) is 0 Å². The van der Waals surface area contributed by atoms with Crippen LogP contribution in [0.5, 0.6) is 0 Å². The number of aryl methyl sites for hydroxylation is 1. The molecule has 0 saturated carbocycles. The molecule has 1 aromatic rings. The fourth-order valence-electron chi connectivity index (χ4n) is 1.60. The zero-order chi connectivity index (χ0) is 14.1. The largest absolute Gasteiger partial charge is 0.383 e. The van der Waals surface area contributed by atoms with Gasteiger partial charge in [0.15, 0.2) is 11.7 Å². The molecule has 0 aromatic carbocycles. The highest BCUT2D eigenvalue weighted by atomic mass is 127. The van der Waals surface area contributed by atoms with Crippen molar-refractivity contribution < 1.29 is 9.26 Å². The van der Waals surface area contributed by atoms with E-state index in [1.807, 2.05) is 26.8 Å². The maximum absolute atomic E-state index is 5.20. The average Bonchev–Trinajstić information content (AvgIpc) is 2.84. The second-order valence-electron chi connectivity index (χ2n) is 4.33. The van der Waals surface area contributed by atoms with Gasteiger partial charge in [0, 0.05) is 25.8 Å². The molecule has 1 rings (SSSR count). The molecular formula is C13H25IN4O2. The lowest BCUT2D eigenvalue weighted by Crippen LogP contribution is -2.43. The lowest BCUT2D eigenvalue weighted by molar-refractivity contribution is 0.179. The minimum absolute atomic E-state index is 0. The number of guanidine groups is 1. The van der Waals surface area contributed by atoms with E-state index in [0.717, 1.165) is 30.4 Å². The lowest BCUT2D eigenvalue weighted by atomic mass is 10.3. The number of nitrogens with zero attached hydrogens (tertiary/aromatic N) is 2. The fourth-order valence-corrected chi connectivity index (χ4v) is 1.60. The molecule has 1 heterocycles. The first-order valence-corrected chi connectivity index (χ1v) is 6.67. The summed E-state index contributed by atoms with van der Waals surface area (Å²) in [6.45, 7) is 8.03. The normalized spacial score (nSPS) is 12.7. The van der Waals surface area contributed by atoms with E-state index in [-0.39, 0.29) is 30.0 Å². The predicted octanol–water partition coefficient (Wildman–Crippen LogP) is 1.94. The Kier molecular flexibility index (Phi) is 10.4. The first-order chi connectivity index (χ1) is 9.19. The van der Waals surface area contributed by atoms with Crippen molar-refractivity contribution in [3.05, 3.63) is 17.5 Å². The predicted molar refractivity (Wildman–Crippen MR) is 90.6 cm³/mol. The summed E-state index contributed by atoms with van der Waals surface area (Å²) in [5.41, 5.74) is 0.955. The molecule has 6 nitrogen and oxygen atoms in total. The molecule has 0 aliphatic carbocycles. The number of aromatic nitrogens is 1. The summed E-state index contributed by atoms with van der Waals surface area (Å²) >= 11 is 0. The maximum atomic E-state index is 5.20. The van der Waals surface area contributed by atoms with Crippen LogP contribution in [0.4, 0.5) is 0 Å². The summed E-state index contributed by atoms with van der Waals surface area (Å²) in [4.78, 5) is 4.46. The molecular weight excluding hydrogens is 371 g/mol. The van der Waals surface area contributed by atoms with Gasteiger partial charge in [-0.1, -0.05) is 12.1 Å². The monoisotopic (exact) mass is 396 g/mol. The van der Waals surface area contributed by atoms with Crippen molar-refractivity contribution >= 4 is 29.9 Å². The van der Waals surface area contributed by atoms with E-state index in [1.54, 1.807) is 7.11 Å². The number of rotatable bonds is 7. The Morgan fingerprint density at radius 2 is 2.25 bits per heavy atom. The third-order valence-corrected chi connectivity index (χ3v) is 2.51. The molecule has 7 heteroatoms. The minimum Gasteiger partial charge on any atom is -0.383 e. The van der Waals surface area contributed by atoms with E-state index >= 15 is 0 Å². The topological polar surface area (TPSA) is 71.7 Å². The first-order valence-electron chi connectivity index (χ1n) is 6.67. The van der Waals surface area contributed by atoms with Crippen LogP contribution < -0.4 is 10.6 Å². The molecule has 0 saturated heterocycles. The highest BCUT2D eigenvalue weighted by molar-refractivity contribution is 14.0. The Hall–Kier alpha value is -0.830. The highest BCUT2D eigenvalue weighted by Crippen LogP contribution is 2.05. The lowest BCUT2D eigenvalue weighted by Gasteiger charge is -2.16. The van der Waals surface area contributed by atoms with Gasteiger partial charge in [-0.15, -0.1) is 24.0 Å². The van der Waals surface area contributed by atoms with Gasteiger partial charge in [-0.25, -0.2) is 4.99 Å². The molecule has 1 unspecified atom stereocenters. The Labute approximate surface area is 137 Å². The summed E-state index contributed by atoms with van der Waals surface area (Å²) in [6.07, 6.45) is 0.871. The van der Waals surface area contributed by atoms with Crippen molar-refractivity contribution in [2.45, 2.75) is 39.8 Å². The summed E-state index contributed by atoms with van der Waals surface area (Å²) < 4.78 is 10.3. The Bertz CT molecular complexity index is 395. The minimum atomic E-state index is 0. The van der Waals surface area contributed by atoms with Gasteiger partial charge in [-0.2, -0.15) is 0 Å². The number of nitrogens with one attached hydrogen (secondary N) is 2. The van der Waals surface area contributed by atoms with Gasteiger partial charge < -0.3 is 19.9 Å². The highest BCUT2D eigenvalue weighted by Gasteiger charge is 2.06. The van der Waals surface area contributed by atoms with Gasteiger partial charge in [0.25, 0.3) is 0 Å². The fraction of sp³-hybridized carbons (Fsp3) is 0.692. The molecule has 1 aromatic heterocycles. The maximum Gasteiger partial charge on any atom is 0.191 e. The van der Waals surface area contributed by atoms with Crippen molar-refractivity contribution in [1.82, 2.24) is 15.8 Å². The van der Waals surface area contributed by atoms with Crippen molar-refractivity contribution in [3.8, 4) is 0 Å². The van der Waals surface area contributed by atoms with Crippen LogP contribution in [0.2, 0.25) is 0 Å². The summed E-state index contributed by atoms with van der Waals surface area (Å²) in [5, 5.41) is 10.4. The van der Waals surface area contributed by atoms with Gasteiger partial charge in [0.1, 0.15) is 6.54 Å². The smallest absolute Gasteiger partial charge is 0.191 e. The van der Waals surface area contributed by atoms with Gasteiger partial charge in [0.2, 0.25) is 0 Å². The molecule has 1 atom stereocenters. The van der Waals surface area contributed by atoms with Gasteiger partial charge in [-0.05, 0) is 20.3 Å². The molecule has 2 N–H and O–H groups in total. The van der Waals surface area contributed by atoms with Crippen molar-refractivity contribution in [2.24, 2.45) is 4.99 Å². The number of halogens is 1. The van der Waals surface area contributed by atoms with E-state index < -0.39 is 0 Å². The van der Waals surface area contributed by atoms with E-state index in [4.69, 9.17) is 9.26 Å².